The highest BCUT2D eigenvalue weighted by molar-refractivity contribution is 6.23. The summed E-state index contributed by atoms with van der Waals surface area (Å²) in [6.07, 6.45) is 5.39. The van der Waals surface area contributed by atoms with Gasteiger partial charge in [-0.2, -0.15) is 0 Å². The van der Waals surface area contributed by atoms with Crippen LogP contribution in [0, 0.1) is 5.82 Å². The van der Waals surface area contributed by atoms with Gasteiger partial charge in [-0.25, -0.2) is 19.3 Å². The normalized spacial score (nSPS) is 22.1. The first kappa shape index (κ1) is 37.5. The largest absolute Gasteiger partial charge is 0.368 e. The van der Waals surface area contributed by atoms with Crippen molar-refractivity contribution < 1.29 is 28.4 Å². The molecule has 306 valence electrons. The van der Waals surface area contributed by atoms with Crippen molar-refractivity contribution >= 4 is 63.6 Å². The maximum atomic E-state index is 15.5. The number of anilines is 4. The minimum Gasteiger partial charge on any atom is -0.368 e. The molecule has 4 aliphatic heterocycles. The number of rotatable bonds is 10. The van der Waals surface area contributed by atoms with Crippen LogP contribution in [-0.2, 0) is 20.8 Å². The van der Waals surface area contributed by atoms with E-state index in [2.05, 4.69) is 57.4 Å². The van der Waals surface area contributed by atoms with E-state index in [1.54, 1.807) is 12.7 Å². The second-order valence-corrected chi connectivity index (χ2v) is 16.1. The molecule has 5 aliphatic rings. The first-order valence-electron chi connectivity index (χ1n) is 20.3. The fourth-order valence-corrected chi connectivity index (χ4v) is 9.04. The van der Waals surface area contributed by atoms with Gasteiger partial charge in [0.05, 0.1) is 29.6 Å². The molecule has 1 saturated carbocycles. The number of hydrogen-bond donors (Lipinski definition) is 3. The van der Waals surface area contributed by atoms with Gasteiger partial charge in [-0.1, -0.05) is 30.3 Å². The summed E-state index contributed by atoms with van der Waals surface area (Å²) in [4.78, 5) is 84.2. The third kappa shape index (κ3) is 6.87. The lowest BCUT2D eigenvalue weighted by molar-refractivity contribution is -0.136. The lowest BCUT2D eigenvalue weighted by atomic mass is 9.86. The van der Waals surface area contributed by atoms with Crippen LogP contribution in [-0.4, -0.2) is 116 Å². The summed E-state index contributed by atoms with van der Waals surface area (Å²) in [6.45, 7) is 4.24. The van der Waals surface area contributed by atoms with Gasteiger partial charge in [-0.3, -0.25) is 39.1 Å². The van der Waals surface area contributed by atoms with Crippen LogP contribution in [0.25, 0.3) is 11.2 Å². The van der Waals surface area contributed by atoms with Crippen molar-refractivity contribution in [2.75, 3.05) is 54.4 Å². The van der Waals surface area contributed by atoms with Crippen molar-refractivity contribution in [3.8, 4) is 0 Å². The highest BCUT2D eigenvalue weighted by Crippen LogP contribution is 2.37. The van der Waals surface area contributed by atoms with Crippen molar-refractivity contribution in [2.24, 2.45) is 0 Å². The molecule has 16 nitrogen and oxygen atoms in total. The molecule has 3 saturated heterocycles. The van der Waals surface area contributed by atoms with E-state index < -0.39 is 35.5 Å². The molecule has 5 aromatic rings. The summed E-state index contributed by atoms with van der Waals surface area (Å²) in [6, 6.07) is 20.0. The monoisotopic (exact) mass is 811 g/mol. The average Bonchev–Trinajstić information content (AvgIpc) is 3.74. The van der Waals surface area contributed by atoms with E-state index >= 15 is 4.39 Å². The van der Waals surface area contributed by atoms with Crippen LogP contribution in [0.1, 0.15) is 58.0 Å². The van der Waals surface area contributed by atoms with Crippen molar-refractivity contribution in [1.82, 2.24) is 40.0 Å². The smallest absolute Gasteiger partial charge is 0.262 e. The molecule has 0 bridgehead atoms. The van der Waals surface area contributed by atoms with E-state index in [1.165, 1.54) is 6.07 Å². The number of piperazine rings is 1. The number of piperidine rings is 1. The van der Waals surface area contributed by atoms with Crippen molar-refractivity contribution in [1.29, 1.82) is 0 Å². The van der Waals surface area contributed by atoms with Crippen molar-refractivity contribution in [3.63, 3.8) is 0 Å². The van der Waals surface area contributed by atoms with Gasteiger partial charge in [-0.05, 0) is 61.2 Å². The third-order valence-electron chi connectivity index (χ3n) is 12.5. The molecule has 6 heterocycles. The topological polar surface area (TPSA) is 178 Å². The second-order valence-electron chi connectivity index (χ2n) is 16.1. The van der Waals surface area contributed by atoms with Crippen molar-refractivity contribution in [2.45, 2.75) is 56.3 Å². The van der Waals surface area contributed by atoms with Crippen LogP contribution in [0.4, 0.5) is 27.3 Å². The van der Waals surface area contributed by atoms with Crippen LogP contribution >= 0.6 is 0 Å². The Hall–Kier alpha value is -6.75. The molecule has 3 aromatic carbocycles. The summed E-state index contributed by atoms with van der Waals surface area (Å²) in [7, 11) is 0. The predicted molar refractivity (Wildman–Crippen MR) is 218 cm³/mol. The maximum absolute atomic E-state index is 15.5. The van der Waals surface area contributed by atoms with Crippen LogP contribution in [0.2, 0.25) is 0 Å². The summed E-state index contributed by atoms with van der Waals surface area (Å²) in [5.41, 5.74) is 4.67. The molecule has 4 fully saturated rings. The van der Waals surface area contributed by atoms with E-state index in [1.807, 2.05) is 47.4 Å². The average molecular weight is 812 g/mol. The molecule has 1 atom stereocenters. The minimum absolute atomic E-state index is 0.0161. The van der Waals surface area contributed by atoms with Crippen molar-refractivity contribution in [3.05, 3.63) is 102 Å². The number of nitrogens with one attached hydrogen (secondary N) is 3. The summed E-state index contributed by atoms with van der Waals surface area (Å²) in [5.74, 6) is -2.47. The standard InChI is InChI=1S/C43H42FN11O5/c44-33-19-31-32(43(60)55(42(31)59)34-10-11-36(56)50-41(34)58)20-35(33)52-14-12-51(13-15-52)30-21-53(22-30)28-8-6-26(7-9-28)49-39-38-40(46-23-45-39)54(24-47-38)29-17-27(18-29)48-37(57)16-25-4-2-1-3-5-25/h1-9,19-20,23-24,27,29-30,34H,10-18,21-22H2,(H,48,57)(H,45,46,49)(H,50,56,58). The molecular formula is C43H42FN11O5. The maximum Gasteiger partial charge on any atom is 0.262 e. The van der Waals surface area contributed by atoms with E-state index in [4.69, 9.17) is 0 Å². The summed E-state index contributed by atoms with van der Waals surface area (Å²) in [5, 5.41) is 8.74. The van der Waals surface area contributed by atoms with E-state index in [9.17, 15) is 24.0 Å². The number of fused-ring (bicyclic) bond motifs is 2. The Morgan fingerprint density at radius 1 is 0.833 bits per heavy atom. The Labute approximate surface area is 343 Å². The van der Waals surface area contributed by atoms with Gasteiger partial charge in [0.25, 0.3) is 11.8 Å². The Morgan fingerprint density at radius 2 is 1.57 bits per heavy atom. The summed E-state index contributed by atoms with van der Waals surface area (Å²) < 4.78 is 17.5. The molecule has 60 heavy (non-hydrogen) atoms. The molecule has 17 heteroatoms. The lowest BCUT2D eigenvalue weighted by Crippen LogP contribution is -2.63. The Morgan fingerprint density at radius 3 is 2.30 bits per heavy atom. The van der Waals surface area contributed by atoms with Crippen LogP contribution in [0.15, 0.2) is 79.4 Å². The molecule has 5 amide bonds. The zero-order valence-electron chi connectivity index (χ0n) is 32.6. The van der Waals surface area contributed by atoms with Gasteiger partial charge < -0.3 is 25.0 Å². The second kappa shape index (κ2) is 15.1. The number of halogens is 1. The molecule has 0 spiro atoms. The van der Waals surface area contributed by atoms with E-state index in [-0.39, 0.29) is 47.6 Å². The molecular weight excluding hydrogens is 770 g/mol. The highest BCUT2D eigenvalue weighted by Gasteiger charge is 2.45. The van der Waals surface area contributed by atoms with Gasteiger partial charge in [0.15, 0.2) is 17.0 Å². The number of imidazole rings is 1. The van der Waals surface area contributed by atoms with Gasteiger partial charge in [0.2, 0.25) is 17.7 Å². The number of carbonyl (C=O) groups is 5. The molecule has 2 aromatic heterocycles. The molecule has 1 unspecified atom stereocenters. The number of carbonyl (C=O) groups excluding carboxylic acids is 5. The van der Waals surface area contributed by atoms with Gasteiger partial charge in [0, 0.05) is 75.2 Å². The lowest BCUT2D eigenvalue weighted by Gasteiger charge is -2.49. The SMILES string of the molecule is O=C1CCC(N2C(=O)c3cc(F)c(N4CCN(C5CN(c6ccc(Nc7ncnc8c7ncn8C7CC(NC(=O)Cc8ccccc8)C7)cc6)C5)CC4)cc3C2=O)C(=O)N1. The van der Waals surface area contributed by atoms with Gasteiger partial charge in [0.1, 0.15) is 18.2 Å². The first-order valence-corrected chi connectivity index (χ1v) is 20.3. The fraction of sp³-hybridized carbons (Fsp3) is 0.349. The van der Waals surface area contributed by atoms with E-state index in [0.29, 0.717) is 50.0 Å². The molecule has 0 radical (unpaired) electrons. The Balaban J connectivity index is 0.705. The fourth-order valence-electron chi connectivity index (χ4n) is 9.04. The predicted octanol–water partition coefficient (Wildman–Crippen LogP) is 3.18. The summed E-state index contributed by atoms with van der Waals surface area (Å²) >= 11 is 0. The highest BCUT2D eigenvalue weighted by atomic mass is 19.1. The third-order valence-corrected chi connectivity index (χ3v) is 12.5. The van der Waals surface area contributed by atoms with Crippen LogP contribution in [0.3, 0.4) is 0 Å². The zero-order valence-corrected chi connectivity index (χ0v) is 32.6. The van der Waals surface area contributed by atoms with Crippen LogP contribution in [0.5, 0.6) is 0 Å². The molecule has 3 N–H and O–H groups in total. The number of amides is 5. The van der Waals surface area contributed by atoms with Gasteiger partial charge in [-0.15, -0.1) is 0 Å². The van der Waals surface area contributed by atoms with Crippen LogP contribution < -0.4 is 25.8 Å². The zero-order chi connectivity index (χ0) is 41.1. The first-order chi connectivity index (χ1) is 29.2. The minimum atomic E-state index is -1.10. The number of imide groups is 2. The number of aromatic nitrogens is 4. The number of nitrogens with zero attached hydrogens (tertiary/aromatic N) is 8. The Kier molecular flexibility index (Phi) is 9.46. The Bertz CT molecular complexity index is 2530. The number of benzene rings is 3. The quantitative estimate of drug-likeness (QED) is 0.176. The van der Waals surface area contributed by atoms with E-state index in [0.717, 1.165) is 59.5 Å². The number of hydrogen-bond acceptors (Lipinski definition) is 12. The van der Waals surface area contributed by atoms with Gasteiger partial charge >= 0.3 is 0 Å². The molecule has 1 aliphatic carbocycles. The molecule has 10 rings (SSSR count).